The lowest BCUT2D eigenvalue weighted by Crippen LogP contribution is -2.53. The monoisotopic (exact) mass is 397 g/mol. The molecule has 2 saturated heterocycles. The minimum atomic E-state index is -0.0167. The van der Waals surface area contributed by atoms with E-state index in [0.29, 0.717) is 13.1 Å². The van der Waals surface area contributed by atoms with Crippen LogP contribution in [0.5, 0.6) is 0 Å². The van der Waals surface area contributed by atoms with E-state index < -0.39 is 0 Å². The Morgan fingerprint density at radius 3 is 2.46 bits per heavy atom. The second kappa shape index (κ2) is 8.45. The number of piperazine rings is 1. The van der Waals surface area contributed by atoms with E-state index >= 15 is 0 Å². The first-order valence-electron chi connectivity index (χ1n) is 10.0. The van der Waals surface area contributed by atoms with Gasteiger partial charge < -0.3 is 9.80 Å². The number of nitrogens with zero attached hydrogens (tertiary/aromatic N) is 3. The fraction of sp³-hybridized carbons (Fsp3) is 0.455. The number of hydrogen-bond acceptors (Lipinski definition) is 4. The molecule has 4 rings (SSSR count). The van der Waals surface area contributed by atoms with Crippen LogP contribution >= 0.6 is 11.3 Å². The molecule has 2 aromatic rings. The van der Waals surface area contributed by atoms with Crippen LogP contribution in [-0.2, 0) is 11.2 Å². The van der Waals surface area contributed by atoms with Gasteiger partial charge in [-0.2, -0.15) is 0 Å². The predicted octanol–water partition coefficient (Wildman–Crippen LogP) is 2.66. The lowest BCUT2D eigenvalue weighted by atomic mass is 10.1. The Kier molecular flexibility index (Phi) is 5.78. The fourth-order valence-electron chi connectivity index (χ4n) is 4.13. The fourth-order valence-corrected chi connectivity index (χ4v) is 4.97. The van der Waals surface area contributed by atoms with Crippen molar-refractivity contribution < 1.29 is 9.59 Å². The topological polar surface area (TPSA) is 43.9 Å². The number of likely N-dealkylation sites (tertiary alicyclic amines) is 1. The number of thiophene rings is 1. The lowest BCUT2D eigenvalue weighted by molar-refractivity contribution is -0.132. The van der Waals surface area contributed by atoms with Gasteiger partial charge in [0.1, 0.15) is 0 Å². The molecule has 0 aliphatic carbocycles. The Morgan fingerprint density at radius 2 is 1.79 bits per heavy atom. The summed E-state index contributed by atoms with van der Waals surface area (Å²) in [6, 6.07) is 14.2. The van der Waals surface area contributed by atoms with Crippen LogP contribution in [0.25, 0.3) is 0 Å². The number of benzene rings is 1. The second-order valence-corrected chi connectivity index (χ2v) is 8.89. The molecule has 1 unspecified atom stereocenters. The van der Waals surface area contributed by atoms with Crippen molar-refractivity contribution >= 4 is 23.2 Å². The summed E-state index contributed by atoms with van der Waals surface area (Å²) < 4.78 is 0. The Bertz CT molecular complexity index is 827. The van der Waals surface area contributed by atoms with Crippen molar-refractivity contribution in [3.63, 3.8) is 0 Å². The molecule has 6 heteroatoms. The van der Waals surface area contributed by atoms with Crippen molar-refractivity contribution in [2.75, 3.05) is 39.3 Å². The van der Waals surface area contributed by atoms with Gasteiger partial charge in [-0.25, -0.2) is 0 Å². The van der Waals surface area contributed by atoms with E-state index in [1.54, 1.807) is 11.3 Å². The molecule has 1 atom stereocenters. The molecule has 2 amide bonds. The SMILES string of the molecule is Cc1ccc(C(=O)N2CCN(C3CCN(CCc4ccccc4)C3=O)CC2)s1. The molecule has 0 bridgehead atoms. The summed E-state index contributed by atoms with van der Waals surface area (Å²) in [5, 5.41) is 0. The summed E-state index contributed by atoms with van der Waals surface area (Å²) in [6.07, 6.45) is 1.80. The third-order valence-corrected chi connectivity index (χ3v) is 6.76. The van der Waals surface area contributed by atoms with E-state index in [4.69, 9.17) is 0 Å². The highest BCUT2D eigenvalue weighted by Crippen LogP contribution is 2.22. The van der Waals surface area contributed by atoms with Crippen LogP contribution in [0.3, 0.4) is 0 Å². The average Bonchev–Trinajstić information content (AvgIpc) is 3.32. The van der Waals surface area contributed by atoms with Gasteiger partial charge in [-0.05, 0) is 37.5 Å². The van der Waals surface area contributed by atoms with Gasteiger partial charge in [0.05, 0.1) is 10.9 Å². The van der Waals surface area contributed by atoms with Crippen molar-refractivity contribution in [3.8, 4) is 0 Å². The number of carbonyl (C=O) groups is 2. The minimum Gasteiger partial charge on any atom is -0.341 e. The van der Waals surface area contributed by atoms with Crippen molar-refractivity contribution in [3.05, 3.63) is 57.8 Å². The van der Waals surface area contributed by atoms with Crippen LogP contribution in [0.4, 0.5) is 0 Å². The Hall–Kier alpha value is -2.18. The van der Waals surface area contributed by atoms with Gasteiger partial charge in [-0.15, -0.1) is 11.3 Å². The lowest BCUT2D eigenvalue weighted by Gasteiger charge is -2.37. The first-order chi connectivity index (χ1) is 13.6. The third-order valence-electron chi connectivity index (χ3n) is 5.78. The molecule has 0 spiro atoms. The molecule has 2 aliphatic heterocycles. The molecule has 2 aliphatic rings. The van der Waals surface area contributed by atoms with E-state index in [9.17, 15) is 9.59 Å². The molecule has 2 fully saturated rings. The van der Waals surface area contributed by atoms with Crippen molar-refractivity contribution in [2.24, 2.45) is 0 Å². The van der Waals surface area contributed by atoms with E-state index in [-0.39, 0.29) is 17.9 Å². The number of hydrogen-bond donors (Lipinski definition) is 0. The van der Waals surface area contributed by atoms with E-state index in [1.165, 1.54) is 5.56 Å². The van der Waals surface area contributed by atoms with E-state index in [0.717, 1.165) is 48.8 Å². The first kappa shape index (κ1) is 19.2. The molecule has 148 valence electrons. The highest BCUT2D eigenvalue weighted by atomic mass is 32.1. The molecule has 0 saturated carbocycles. The van der Waals surface area contributed by atoms with Crippen LogP contribution in [0.2, 0.25) is 0 Å². The van der Waals surface area contributed by atoms with Gasteiger partial charge in [-0.1, -0.05) is 30.3 Å². The van der Waals surface area contributed by atoms with Crippen LogP contribution in [0.15, 0.2) is 42.5 Å². The largest absolute Gasteiger partial charge is 0.341 e. The summed E-state index contributed by atoms with van der Waals surface area (Å²) in [7, 11) is 0. The average molecular weight is 398 g/mol. The quantitative estimate of drug-likeness (QED) is 0.779. The van der Waals surface area contributed by atoms with Crippen LogP contribution in [0.1, 0.15) is 26.5 Å². The van der Waals surface area contributed by atoms with Gasteiger partial charge in [-0.3, -0.25) is 14.5 Å². The molecule has 1 aromatic heterocycles. The maximum Gasteiger partial charge on any atom is 0.264 e. The standard InChI is InChI=1S/C22H27N3O2S/c1-17-7-8-20(28-17)22(27)25-15-13-23(14-16-25)19-10-12-24(21(19)26)11-9-18-5-3-2-4-6-18/h2-8,19H,9-16H2,1H3. The second-order valence-electron chi connectivity index (χ2n) is 7.60. The molecule has 0 radical (unpaired) electrons. The van der Waals surface area contributed by atoms with E-state index in [1.807, 2.05) is 47.1 Å². The van der Waals surface area contributed by atoms with Crippen LogP contribution in [0, 0.1) is 6.92 Å². The van der Waals surface area contributed by atoms with Gasteiger partial charge in [0.15, 0.2) is 0 Å². The molecule has 28 heavy (non-hydrogen) atoms. The van der Waals surface area contributed by atoms with Gasteiger partial charge in [0.25, 0.3) is 5.91 Å². The van der Waals surface area contributed by atoms with Gasteiger partial charge in [0.2, 0.25) is 5.91 Å². The molecule has 0 N–H and O–H groups in total. The molecular formula is C22H27N3O2S. The zero-order valence-corrected chi connectivity index (χ0v) is 17.2. The van der Waals surface area contributed by atoms with Gasteiger partial charge in [0, 0.05) is 44.1 Å². The van der Waals surface area contributed by atoms with Crippen LogP contribution in [-0.4, -0.2) is 71.8 Å². The third kappa shape index (κ3) is 4.13. The Labute approximate surface area is 170 Å². The maximum absolute atomic E-state index is 12.9. The molecule has 3 heterocycles. The summed E-state index contributed by atoms with van der Waals surface area (Å²) in [5.41, 5.74) is 1.27. The van der Waals surface area contributed by atoms with E-state index in [2.05, 4.69) is 17.0 Å². The molecule has 1 aromatic carbocycles. The highest BCUT2D eigenvalue weighted by Gasteiger charge is 2.37. The Morgan fingerprint density at radius 1 is 1.04 bits per heavy atom. The normalized spacial score (nSPS) is 20.8. The van der Waals surface area contributed by atoms with Crippen molar-refractivity contribution in [1.29, 1.82) is 0 Å². The number of carbonyl (C=O) groups excluding carboxylic acids is 2. The maximum atomic E-state index is 12.9. The summed E-state index contributed by atoms with van der Waals surface area (Å²) in [5.74, 6) is 0.379. The summed E-state index contributed by atoms with van der Waals surface area (Å²) >= 11 is 1.55. The van der Waals surface area contributed by atoms with Crippen LogP contribution < -0.4 is 0 Å². The van der Waals surface area contributed by atoms with Crippen molar-refractivity contribution in [2.45, 2.75) is 25.8 Å². The number of rotatable bonds is 5. The minimum absolute atomic E-state index is 0.0167. The molecular weight excluding hydrogens is 370 g/mol. The Balaban J connectivity index is 1.28. The summed E-state index contributed by atoms with van der Waals surface area (Å²) in [6.45, 7) is 6.60. The van der Waals surface area contributed by atoms with Crippen molar-refractivity contribution in [1.82, 2.24) is 14.7 Å². The molecule has 5 nitrogen and oxygen atoms in total. The first-order valence-corrected chi connectivity index (χ1v) is 10.9. The number of amides is 2. The zero-order valence-electron chi connectivity index (χ0n) is 16.3. The number of aryl methyl sites for hydroxylation is 1. The smallest absolute Gasteiger partial charge is 0.264 e. The zero-order chi connectivity index (χ0) is 19.5. The predicted molar refractivity (Wildman–Crippen MR) is 112 cm³/mol. The highest BCUT2D eigenvalue weighted by molar-refractivity contribution is 7.13. The summed E-state index contributed by atoms with van der Waals surface area (Å²) in [4.78, 5) is 33.7. The van der Waals surface area contributed by atoms with Gasteiger partial charge >= 0.3 is 0 Å².